The van der Waals surface area contributed by atoms with Gasteiger partial charge in [-0.1, -0.05) is 68.4 Å². The lowest BCUT2D eigenvalue weighted by atomic mass is 9.77. The number of benzene rings is 4. The maximum Gasteiger partial charge on any atom is 0.228 e. The van der Waals surface area contributed by atoms with Crippen molar-refractivity contribution in [2.45, 2.75) is 52.7 Å². The van der Waals surface area contributed by atoms with Gasteiger partial charge in [-0.15, -0.1) is 0 Å². The highest BCUT2D eigenvalue weighted by Gasteiger charge is 2.59. The zero-order valence-electron chi connectivity index (χ0n) is 24.0. The second-order valence-corrected chi connectivity index (χ2v) is 11.7. The summed E-state index contributed by atoms with van der Waals surface area (Å²) in [4.78, 5) is 10.0. The van der Waals surface area contributed by atoms with Crippen molar-refractivity contribution in [3.05, 3.63) is 84.4 Å². The van der Waals surface area contributed by atoms with E-state index in [0.29, 0.717) is 5.92 Å². The van der Waals surface area contributed by atoms with Crippen LogP contribution >= 0.6 is 0 Å². The number of rotatable bonds is 6. The van der Waals surface area contributed by atoms with E-state index in [0.717, 1.165) is 36.5 Å². The first-order valence-electron chi connectivity index (χ1n) is 14.3. The van der Waals surface area contributed by atoms with Crippen LogP contribution in [-0.2, 0) is 5.41 Å². The third-order valence-electron chi connectivity index (χ3n) is 8.63. The van der Waals surface area contributed by atoms with Gasteiger partial charge in [-0.25, -0.2) is 0 Å². The molecule has 1 spiro atoms. The molecule has 0 amide bonds. The van der Waals surface area contributed by atoms with Crippen molar-refractivity contribution in [3.63, 3.8) is 0 Å². The van der Waals surface area contributed by atoms with E-state index in [1.807, 2.05) is 0 Å². The molecule has 2 aliphatic rings. The zero-order valence-corrected chi connectivity index (χ0v) is 24.0. The predicted molar refractivity (Wildman–Crippen MR) is 166 cm³/mol. The van der Waals surface area contributed by atoms with E-state index < -0.39 is 5.72 Å². The minimum absolute atomic E-state index is 0.295. The Morgan fingerprint density at radius 1 is 0.872 bits per heavy atom. The summed E-state index contributed by atoms with van der Waals surface area (Å²) in [5.41, 5.74) is 6.05. The van der Waals surface area contributed by atoms with E-state index in [1.165, 1.54) is 33.5 Å². The van der Waals surface area contributed by atoms with E-state index in [9.17, 15) is 0 Å². The number of para-hydroxylation sites is 1. The average molecular weight is 518 g/mol. The SMILES string of the molecule is CCN(CC)c1ccc(-c2cc3c(c4ccccc24)N=CC2(O3)N(CC(C)C)c3ccccc3C2(C)C)cc1. The lowest BCUT2D eigenvalue weighted by molar-refractivity contribution is 0.0757. The van der Waals surface area contributed by atoms with Gasteiger partial charge in [0.05, 0.1) is 11.6 Å². The molecule has 0 radical (unpaired) electrons. The summed E-state index contributed by atoms with van der Waals surface area (Å²) in [7, 11) is 0. The highest BCUT2D eigenvalue weighted by molar-refractivity contribution is 6.07. The molecule has 4 heteroatoms. The first kappa shape index (κ1) is 25.5. The van der Waals surface area contributed by atoms with Crippen LogP contribution in [0.15, 0.2) is 83.9 Å². The fourth-order valence-corrected chi connectivity index (χ4v) is 6.53. The van der Waals surface area contributed by atoms with Crippen LogP contribution in [0.5, 0.6) is 5.75 Å². The van der Waals surface area contributed by atoms with Gasteiger partial charge in [-0.3, -0.25) is 4.99 Å². The summed E-state index contributed by atoms with van der Waals surface area (Å²) in [5, 5.41) is 2.31. The largest absolute Gasteiger partial charge is 0.459 e. The number of hydrogen-bond acceptors (Lipinski definition) is 4. The number of hydrogen-bond donors (Lipinski definition) is 0. The van der Waals surface area contributed by atoms with Crippen molar-refractivity contribution in [1.82, 2.24) is 0 Å². The molecule has 0 aliphatic carbocycles. The monoisotopic (exact) mass is 517 g/mol. The third-order valence-corrected chi connectivity index (χ3v) is 8.63. The number of anilines is 2. The molecule has 39 heavy (non-hydrogen) atoms. The van der Waals surface area contributed by atoms with Crippen molar-refractivity contribution in [1.29, 1.82) is 0 Å². The molecule has 4 aromatic rings. The molecular formula is C35H39N3O. The van der Waals surface area contributed by atoms with E-state index in [4.69, 9.17) is 9.73 Å². The summed E-state index contributed by atoms with van der Waals surface area (Å²) in [5.74, 6) is 1.31. The maximum absolute atomic E-state index is 7.23. The number of nitrogens with zero attached hydrogens (tertiary/aromatic N) is 3. The molecule has 0 N–H and O–H groups in total. The van der Waals surface area contributed by atoms with Gasteiger partial charge in [0.25, 0.3) is 0 Å². The Hall–Kier alpha value is -3.79. The summed E-state index contributed by atoms with van der Waals surface area (Å²) < 4.78 is 7.23. The van der Waals surface area contributed by atoms with Gasteiger partial charge in [-0.2, -0.15) is 0 Å². The van der Waals surface area contributed by atoms with Gasteiger partial charge in [-0.05, 0) is 80.0 Å². The van der Waals surface area contributed by atoms with Gasteiger partial charge < -0.3 is 14.5 Å². The molecule has 0 bridgehead atoms. The molecule has 4 nitrogen and oxygen atoms in total. The zero-order chi connectivity index (χ0) is 27.4. The van der Waals surface area contributed by atoms with Gasteiger partial charge in [0.2, 0.25) is 5.72 Å². The van der Waals surface area contributed by atoms with Crippen LogP contribution in [0.3, 0.4) is 0 Å². The molecule has 0 fully saturated rings. The fraction of sp³-hybridized carbons (Fsp3) is 0.343. The Balaban J connectivity index is 1.51. The van der Waals surface area contributed by atoms with Crippen molar-refractivity contribution < 1.29 is 4.74 Å². The van der Waals surface area contributed by atoms with E-state index in [1.54, 1.807) is 0 Å². The van der Waals surface area contributed by atoms with Crippen LogP contribution in [0, 0.1) is 5.92 Å². The summed E-state index contributed by atoms with van der Waals surface area (Å²) in [6.07, 6.45) is 2.07. The first-order chi connectivity index (χ1) is 18.8. The smallest absolute Gasteiger partial charge is 0.228 e. The molecule has 4 aromatic carbocycles. The van der Waals surface area contributed by atoms with Gasteiger partial charge in [0, 0.05) is 36.4 Å². The van der Waals surface area contributed by atoms with Crippen LogP contribution in [-0.4, -0.2) is 31.6 Å². The van der Waals surface area contributed by atoms with Crippen molar-refractivity contribution in [2.75, 3.05) is 29.4 Å². The molecule has 200 valence electrons. The molecule has 2 aliphatic heterocycles. The van der Waals surface area contributed by atoms with Crippen LogP contribution in [0.1, 0.15) is 47.1 Å². The minimum Gasteiger partial charge on any atom is -0.459 e. The molecule has 6 rings (SSSR count). The Morgan fingerprint density at radius 2 is 1.54 bits per heavy atom. The van der Waals surface area contributed by atoms with Crippen molar-refractivity contribution in [2.24, 2.45) is 10.9 Å². The lowest BCUT2D eigenvalue weighted by Crippen LogP contribution is -2.62. The van der Waals surface area contributed by atoms with Crippen LogP contribution in [0.4, 0.5) is 17.1 Å². The fourth-order valence-electron chi connectivity index (χ4n) is 6.53. The Morgan fingerprint density at radius 3 is 2.23 bits per heavy atom. The lowest BCUT2D eigenvalue weighted by Gasteiger charge is -2.47. The Labute approximate surface area is 232 Å². The Bertz CT molecular complexity index is 1550. The van der Waals surface area contributed by atoms with Crippen LogP contribution < -0.4 is 14.5 Å². The second-order valence-electron chi connectivity index (χ2n) is 11.7. The molecule has 0 saturated carbocycles. The van der Waals surface area contributed by atoms with Gasteiger partial charge in [0.1, 0.15) is 11.4 Å². The van der Waals surface area contributed by atoms with Crippen molar-refractivity contribution >= 4 is 34.0 Å². The van der Waals surface area contributed by atoms with Gasteiger partial charge >= 0.3 is 0 Å². The van der Waals surface area contributed by atoms with Crippen LogP contribution in [0.25, 0.3) is 21.9 Å². The maximum atomic E-state index is 7.23. The first-order valence-corrected chi connectivity index (χ1v) is 14.3. The molecule has 2 heterocycles. The quantitative estimate of drug-likeness (QED) is 0.256. The standard InChI is InChI=1S/C35H39N3O/c1-7-37(8-2)26-19-17-25(18-20-26)29-21-32-33(28-14-10-9-13-27(28)29)36-23-35(39-32)34(5,6)30-15-11-12-16-31(30)38(35)22-24(3)4/h9-21,23-24H,7-8,22H2,1-6H3. The predicted octanol–water partition coefficient (Wildman–Crippen LogP) is 8.60. The summed E-state index contributed by atoms with van der Waals surface area (Å²) in [6, 6.07) is 28.5. The normalized spacial score (nSPS) is 18.9. The Kier molecular flexibility index (Phi) is 6.17. The molecule has 1 unspecified atom stereocenters. The van der Waals surface area contributed by atoms with Crippen molar-refractivity contribution in [3.8, 4) is 16.9 Å². The highest BCUT2D eigenvalue weighted by Crippen LogP contribution is 2.55. The van der Waals surface area contributed by atoms with Gasteiger partial charge in [0.15, 0.2) is 0 Å². The molecule has 0 saturated heterocycles. The molecule has 1 atom stereocenters. The van der Waals surface area contributed by atoms with E-state index >= 15 is 0 Å². The highest BCUT2D eigenvalue weighted by atomic mass is 16.5. The number of aliphatic imine (C=N–C) groups is 1. The third kappa shape index (κ3) is 3.83. The minimum atomic E-state index is -0.708. The average Bonchev–Trinajstić information content (AvgIpc) is 3.12. The number of fused-ring (bicyclic) bond motifs is 4. The van der Waals surface area contributed by atoms with E-state index in [-0.39, 0.29) is 5.41 Å². The summed E-state index contributed by atoms with van der Waals surface area (Å²) >= 11 is 0. The van der Waals surface area contributed by atoms with Crippen LogP contribution in [0.2, 0.25) is 0 Å². The topological polar surface area (TPSA) is 28.1 Å². The summed E-state index contributed by atoms with van der Waals surface area (Å²) in [6.45, 7) is 16.4. The molecular weight excluding hydrogens is 478 g/mol. The molecule has 0 aromatic heterocycles. The second kappa shape index (κ2) is 9.44. The number of ether oxygens (including phenoxy) is 1. The van der Waals surface area contributed by atoms with E-state index in [2.05, 4.69) is 136 Å².